The highest BCUT2D eigenvalue weighted by Gasteiger charge is 2.70. The van der Waals surface area contributed by atoms with Gasteiger partial charge in [-0.1, -0.05) is 59.2 Å². The molecule has 6 aliphatic rings. The molecule has 6 heteroatoms. The molecular weight excluding hydrogens is 572 g/mol. The molecule has 46 heavy (non-hydrogen) atoms. The van der Waals surface area contributed by atoms with Gasteiger partial charge in [0, 0.05) is 26.2 Å². The Kier molecular flexibility index (Phi) is 8.07. The van der Waals surface area contributed by atoms with Crippen molar-refractivity contribution in [3.8, 4) is 0 Å². The van der Waals surface area contributed by atoms with Gasteiger partial charge in [-0.2, -0.15) is 0 Å². The number of nitrogens with zero attached hydrogens (tertiary/aromatic N) is 1. The highest BCUT2D eigenvalue weighted by molar-refractivity contribution is 5.88. The second kappa shape index (κ2) is 11.5. The number of hydrogen-bond donors (Lipinski definition) is 2. The van der Waals surface area contributed by atoms with Gasteiger partial charge < -0.3 is 15.2 Å². The van der Waals surface area contributed by atoms with Crippen molar-refractivity contribution in [2.24, 2.45) is 50.7 Å². The highest BCUT2D eigenvalue weighted by atomic mass is 16.5. The molecule has 0 radical (unpaired) electrons. The standard InChI is InChI=1S/C40H58N2O4/c1-36(2)29(27-8-10-28(11-9-27)34(43)44)14-17-37(3)32(36)15-18-39(5)33(37)13-12-30-31-7-6-16-40(31,20-19-38(30,39)4)35(45)41-21-22-42-23-25-46-26-24-42/h8-11,14,30-33H,6-7,12-13,15-26H2,1-5H3,(H,41,45)(H,43,44)/t30-,31?,32?,33?,37+,38-,39-,40+/m1/s1. The predicted molar refractivity (Wildman–Crippen MR) is 182 cm³/mol. The summed E-state index contributed by atoms with van der Waals surface area (Å²) in [6, 6.07) is 7.57. The minimum absolute atomic E-state index is 0.0172. The van der Waals surface area contributed by atoms with Crippen LogP contribution in [0.2, 0.25) is 0 Å². The van der Waals surface area contributed by atoms with Gasteiger partial charge in [0.1, 0.15) is 0 Å². The first-order valence-corrected chi connectivity index (χ1v) is 18.5. The zero-order chi connectivity index (χ0) is 32.5. The third-order valence-electron chi connectivity index (χ3n) is 15.7. The molecule has 2 N–H and O–H groups in total. The number of carboxylic acids is 1. The zero-order valence-corrected chi connectivity index (χ0v) is 29.1. The van der Waals surface area contributed by atoms with Gasteiger partial charge >= 0.3 is 5.97 Å². The van der Waals surface area contributed by atoms with Crippen LogP contribution in [0.15, 0.2) is 30.3 Å². The maximum Gasteiger partial charge on any atom is 0.335 e. The second-order valence-corrected chi connectivity index (χ2v) is 17.5. The van der Waals surface area contributed by atoms with Crippen molar-refractivity contribution in [2.45, 2.75) is 98.8 Å². The van der Waals surface area contributed by atoms with Gasteiger partial charge in [0.15, 0.2) is 0 Å². The molecule has 1 amide bonds. The molecule has 0 bridgehead atoms. The Balaban J connectivity index is 1.12. The van der Waals surface area contributed by atoms with Gasteiger partial charge in [-0.3, -0.25) is 9.69 Å². The predicted octanol–water partition coefficient (Wildman–Crippen LogP) is 7.68. The Morgan fingerprint density at radius 2 is 1.61 bits per heavy atom. The Morgan fingerprint density at radius 1 is 0.870 bits per heavy atom. The van der Waals surface area contributed by atoms with Crippen molar-refractivity contribution in [2.75, 3.05) is 39.4 Å². The van der Waals surface area contributed by atoms with E-state index in [4.69, 9.17) is 4.74 Å². The Morgan fingerprint density at radius 3 is 2.33 bits per heavy atom. The summed E-state index contributed by atoms with van der Waals surface area (Å²) in [5.74, 6) is 1.89. The van der Waals surface area contributed by atoms with Crippen LogP contribution in [0, 0.1) is 50.7 Å². The molecule has 6 nitrogen and oxygen atoms in total. The number of morpholine rings is 1. The number of rotatable bonds is 6. The number of carboxylic acid groups (broad SMARTS) is 1. The largest absolute Gasteiger partial charge is 0.478 e. The van der Waals surface area contributed by atoms with Crippen LogP contribution in [0.4, 0.5) is 0 Å². The van der Waals surface area contributed by atoms with Crippen molar-refractivity contribution in [3.05, 3.63) is 41.5 Å². The lowest BCUT2D eigenvalue weighted by atomic mass is 9.32. The maximum atomic E-state index is 14.1. The molecule has 1 aromatic rings. The molecule has 8 atom stereocenters. The summed E-state index contributed by atoms with van der Waals surface area (Å²) in [4.78, 5) is 28.0. The zero-order valence-electron chi connectivity index (χ0n) is 29.1. The average molecular weight is 631 g/mol. The van der Waals surface area contributed by atoms with E-state index in [0.29, 0.717) is 35.1 Å². The third-order valence-corrected chi connectivity index (χ3v) is 15.7. The summed E-state index contributed by atoms with van der Waals surface area (Å²) in [6.07, 6.45) is 14.4. The summed E-state index contributed by atoms with van der Waals surface area (Å²) < 4.78 is 5.51. The van der Waals surface area contributed by atoms with E-state index >= 15 is 0 Å². The lowest BCUT2D eigenvalue weighted by Gasteiger charge is -2.72. The lowest BCUT2D eigenvalue weighted by Crippen LogP contribution is -2.66. The molecule has 1 heterocycles. The molecule has 5 aliphatic carbocycles. The van der Waals surface area contributed by atoms with Gasteiger partial charge in [-0.05, 0) is 126 Å². The van der Waals surface area contributed by atoms with E-state index in [1.807, 2.05) is 12.1 Å². The fourth-order valence-corrected chi connectivity index (χ4v) is 13.2. The molecule has 1 saturated heterocycles. The Bertz CT molecular complexity index is 1380. The van der Waals surface area contributed by atoms with Crippen molar-refractivity contribution in [3.63, 3.8) is 0 Å². The molecule has 5 fully saturated rings. The van der Waals surface area contributed by atoms with E-state index < -0.39 is 5.97 Å². The number of allylic oxidation sites excluding steroid dienone is 2. The summed E-state index contributed by atoms with van der Waals surface area (Å²) in [6.45, 7) is 18.1. The summed E-state index contributed by atoms with van der Waals surface area (Å²) in [7, 11) is 0. The first-order chi connectivity index (χ1) is 21.9. The fourth-order valence-electron chi connectivity index (χ4n) is 13.2. The molecule has 3 unspecified atom stereocenters. The minimum Gasteiger partial charge on any atom is -0.478 e. The van der Waals surface area contributed by atoms with Crippen molar-refractivity contribution >= 4 is 17.4 Å². The first-order valence-electron chi connectivity index (χ1n) is 18.5. The van der Waals surface area contributed by atoms with Gasteiger partial charge in [0.25, 0.3) is 0 Å². The van der Waals surface area contributed by atoms with Crippen LogP contribution in [0.3, 0.4) is 0 Å². The number of aromatic carboxylic acids is 1. The summed E-state index contributed by atoms with van der Waals surface area (Å²) in [5.41, 5.74) is 3.53. The monoisotopic (exact) mass is 630 g/mol. The van der Waals surface area contributed by atoms with Crippen LogP contribution in [0.5, 0.6) is 0 Å². The second-order valence-electron chi connectivity index (χ2n) is 17.5. The lowest BCUT2D eigenvalue weighted by molar-refractivity contribution is -0.222. The van der Waals surface area contributed by atoms with Crippen molar-refractivity contribution in [1.29, 1.82) is 0 Å². The van der Waals surface area contributed by atoms with Gasteiger partial charge in [-0.15, -0.1) is 0 Å². The Labute approximate surface area is 277 Å². The molecule has 0 spiro atoms. The van der Waals surface area contributed by atoms with E-state index in [0.717, 1.165) is 58.7 Å². The van der Waals surface area contributed by atoms with E-state index in [2.05, 4.69) is 50.9 Å². The van der Waals surface area contributed by atoms with E-state index in [1.54, 1.807) is 12.1 Å². The molecule has 1 aliphatic heterocycles. The van der Waals surface area contributed by atoms with Gasteiger partial charge in [0.05, 0.1) is 24.2 Å². The maximum absolute atomic E-state index is 14.1. The molecular formula is C40H58N2O4. The number of ether oxygens (including phenoxy) is 1. The van der Waals surface area contributed by atoms with Crippen LogP contribution in [-0.4, -0.2) is 61.3 Å². The summed E-state index contributed by atoms with van der Waals surface area (Å²) in [5, 5.41) is 12.9. The minimum atomic E-state index is -0.867. The van der Waals surface area contributed by atoms with Crippen LogP contribution < -0.4 is 5.32 Å². The number of benzene rings is 1. The quantitative estimate of drug-likeness (QED) is 0.337. The topological polar surface area (TPSA) is 78.9 Å². The third kappa shape index (κ3) is 4.70. The van der Waals surface area contributed by atoms with Crippen molar-refractivity contribution < 1.29 is 19.4 Å². The molecule has 0 aromatic heterocycles. The van der Waals surface area contributed by atoms with Gasteiger partial charge in [-0.25, -0.2) is 4.79 Å². The van der Waals surface area contributed by atoms with E-state index in [-0.39, 0.29) is 27.1 Å². The molecule has 4 saturated carbocycles. The number of carbonyl (C=O) groups excluding carboxylic acids is 1. The smallest absolute Gasteiger partial charge is 0.335 e. The number of nitrogens with one attached hydrogen (secondary N) is 1. The first kappa shape index (κ1) is 32.4. The van der Waals surface area contributed by atoms with Crippen LogP contribution in [-0.2, 0) is 9.53 Å². The van der Waals surface area contributed by atoms with Crippen LogP contribution in [0.25, 0.3) is 5.57 Å². The molecule has 1 aromatic carbocycles. The number of amides is 1. The van der Waals surface area contributed by atoms with Crippen molar-refractivity contribution in [1.82, 2.24) is 10.2 Å². The Hall–Kier alpha value is -2.18. The highest BCUT2D eigenvalue weighted by Crippen LogP contribution is 2.77. The van der Waals surface area contributed by atoms with Gasteiger partial charge in [0.2, 0.25) is 5.91 Å². The van der Waals surface area contributed by atoms with Crippen LogP contribution >= 0.6 is 0 Å². The molecule has 7 rings (SSSR count). The normalized spacial score (nSPS) is 41.7. The molecule has 252 valence electrons. The van der Waals surface area contributed by atoms with E-state index in [1.165, 1.54) is 56.1 Å². The SMILES string of the molecule is CC1(C)C(c2ccc(C(=O)O)cc2)=CC[C@@]2(C)C1CC[C@]1(C)C2CC[C@@H]2C3CCC[C@]3(C(=O)NCCN3CCOCC3)CC[C@]21C. The number of carbonyl (C=O) groups is 2. The number of hydrogen-bond acceptors (Lipinski definition) is 4. The van der Waals surface area contributed by atoms with Crippen LogP contribution in [0.1, 0.15) is 115 Å². The summed E-state index contributed by atoms with van der Waals surface area (Å²) >= 11 is 0. The number of fused-ring (bicyclic) bond motifs is 7. The average Bonchev–Trinajstić information content (AvgIpc) is 3.47. The van der Waals surface area contributed by atoms with E-state index in [9.17, 15) is 14.7 Å². The fraction of sp³-hybridized carbons (Fsp3) is 0.750.